The molecular formula is C15H14ClNO3. The molecule has 0 aliphatic carbocycles. The molecule has 1 amide bonds. The summed E-state index contributed by atoms with van der Waals surface area (Å²) in [5.74, 6) is 1.08. The normalized spacial score (nSPS) is 10.1. The molecule has 0 saturated heterocycles. The van der Waals surface area contributed by atoms with E-state index in [9.17, 15) is 4.79 Å². The SMILES string of the molecule is C=CCNC(=O)c1ccc(COc2ccccc2Cl)o1. The molecule has 5 heteroatoms. The predicted molar refractivity (Wildman–Crippen MR) is 77.0 cm³/mol. The second kappa shape index (κ2) is 6.82. The van der Waals surface area contributed by atoms with Crippen LogP contribution in [0.2, 0.25) is 5.02 Å². The third kappa shape index (κ3) is 3.65. The molecule has 0 atom stereocenters. The van der Waals surface area contributed by atoms with Crippen LogP contribution < -0.4 is 10.1 Å². The molecule has 2 aromatic rings. The van der Waals surface area contributed by atoms with E-state index in [1.54, 1.807) is 30.3 Å². The fourth-order valence-corrected chi connectivity index (χ4v) is 1.73. The summed E-state index contributed by atoms with van der Waals surface area (Å²) in [5, 5.41) is 3.16. The smallest absolute Gasteiger partial charge is 0.287 e. The summed E-state index contributed by atoms with van der Waals surface area (Å²) in [7, 11) is 0. The number of benzene rings is 1. The summed E-state index contributed by atoms with van der Waals surface area (Å²) in [4.78, 5) is 11.6. The molecule has 1 heterocycles. The average molecular weight is 292 g/mol. The zero-order valence-corrected chi connectivity index (χ0v) is 11.5. The molecule has 0 saturated carbocycles. The number of halogens is 1. The summed E-state index contributed by atoms with van der Waals surface area (Å²) >= 11 is 5.97. The Balaban J connectivity index is 1.95. The summed E-state index contributed by atoms with van der Waals surface area (Å²) < 4.78 is 10.9. The molecule has 4 nitrogen and oxygen atoms in total. The Bertz CT molecular complexity index is 607. The minimum absolute atomic E-state index is 0.207. The van der Waals surface area contributed by atoms with Gasteiger partial charge in [0.1, 0.15) is 18.1 Å². The first-order valence-electron chi connectivity index (χ1n) is 6.06. The number of ether oxygens (including phenoxy) is 1. The molecule has 1 aromatic heterocycles. The van der Waals surface area contributed by atoms with Crippen molar-refractivity contribution in [3.8, 4) is 5.75 Å². The Morgan fingerprint density at radius 3 is 2.90 bits per heavy atom. The van der Waals surface area contributed by atoms with E-state index in [1.807, 2.05) is 12.1 Å². The molecule has 104 valence electrons. The van der Waals surface area contributed by atoms with Gasteiger partial charge < -0.3 is 14.5 Å². The Morgan fingerprint density at radius 1 is 1.35 bits per heavy atom. The highest BCUT2D eigenvalue weighted by molar-refractivity contribution is 6.32. The van der Waals surface area contributed by atoms with Crippen molar-refractivity contribution < 1.29 is 13.9 Å². The van der Waals surface area contributed by atoms with Crippen molar-refractivity contribution >= 4 is 17.5 Å². The van der Waals surface area contributed by atoms with Gasteiger partial charge in [-0.1, -0.05) is 29.8 Å². The van der Waals surface area contributed by atoms with Crippen molar-refractivity contribution in [1.82, 2.24) is 5.32 Å². The van der Waals surface area contributed by atoms with Gasteiger partial charge in [-0.25, -0.2) is 0 Å². The molecule has 0 unspecified atom stereocenters. The Labute approximate surface area is 122 Å². The Hall–Kier alpha value is -2.20. The van der Waals surface area contributed by atoms with Gasteiger partial charge in [-0.05, 0) is 24.3 Å². The van der Waals surface area contributed by atoms with Crippen LogP contribution in [0.3, 0.4) is 0 Å². The van der Waals surface area contributed by atoms with E-state index in [0.717, 1.165) is 0 Å². The minimum Gasteiger partial charge on any atom is -0.484 e. The maximum absolute atomic E-state index is 11.6. The molecule has 2 rings (SSSR count). The highest BCUT2D eigenvalue weighted by atomic mass is 35.5. The van der Waals surface area contributed by atoms with Gasteiger partial charge >= 0.3 is 0 Å². The highest BCUT2D eigenvalue weighted by Crippen LogP contribution is 2.24. The van der Waals surface area contributed by atoms with Crippen LogP contribution in [0.15, 0.2) is 53.5 Å². The second-order valence-corrected chi connectivity index (χ2v) is 4.39. The molecule has 0 fully saturated rings. The van der Waals surface area contributed by atoms with Crippen molar-refractivity contribution in [3.63, 3.8) is 0 Å². The fraction of sp³-hybridized carbons (Fsp3) is 0.133. The number of para-hydroxylation sites is 1. The molecule has 0 aliphatic heterocycles. The van der Waals surface area contributed by atoms with Crippen molar-refractivity contribution in [2.75, 3.05) is 6.54 Å². The molecule has 0 bridgehead atoms. The lowest BCUT2D eigenvalue weighted by Gasteiger charge is -2.05. The van der Waals surface area contributed by atoms with Gasteiger partial charge in [0, 0.05) is 6.54 Å². The van der Waals surface area contributed by atoms with E-state index >= 15 is 0 Å². The van der Waals surface area contributed by atoms with E-state index in [1.165, 1.54) is 0 Å². The maximum Gasteiger partial charge on any atom is 0.287 e. The number of carbonyl (C=O) groups is 1. The van der Waals surface area contributed by atoms with Gasteiger partial charge in [0.15, 0.2) is 5.76 Å². The molecule has 0 radical (unpaired) electrons. The molecule has 1 aromatic carbocycles. The average Bonchev–Trinajstić information content (AvgIpc) is 2.93. The Morgan fingerprint density at radius 2 is 2.15 bits per heavy atom. The fourth-order valence-electron chi connectivity index (χ4n) is 1.54. The number of hydrogen-bond acceptors (Lipinski definition) is 3. The zero-order valence-electron chi connectivity index (χ0n) is 10.8. The topological polar surface area (TPSA) is 51.5 Å². The van der Waals surface area contributed by atoms with Crippen molar-refractivity contribution in [2.45, 2.75) is 6.61 Å². The number of amides is 1. The summed E-state index contributed by atoms with van der Waals surface area (Å²) in [5.41, 5.74) is 0. The lowest BCUT2D eigenvalue weighted by molar-refractivity contribution is 0.0926. The summed E-state index contributed by atoms with van der Waals surface area (Å²) in [6, 6.07) is 10.5. The van der Waals surface area contributed by atoms with Crippen LogP contribution in [0.25, 0.3) is 0 Å². The number of nitrogens with one attached hydrogen (secondary N) is 1. The molecule has 20 heavy (non-hydrogen) atoms. The third-order valence-electron chi connectivity index (χ3n) is 2.50. The van der Waals surface area contributed by atoms with Gasteiger partial charge in [0.25, 0.3) is 5.91 Å². The van der Waals surface area contributed by atoms with E-state index in [2.05, 4.69) is 11.9 Å². The summed E-state index contributed by atoms with van der Waals surface area (Å²) in [6.45, 7) is 4.13. The van der Waals surface area contributed by atoms with Crippen molar-refractivity contribution in [1.29, 1.82) is 0 Å². The van der Waals surface area contributed by atoms with Gasteiger partial charge in [-0.3, -0.25) is 4.79 Å². The lowest BCUT2D eigenvalue weighted by Crippen LogP contribution is -2.22. The largest absolute Gasteiger partial charge is 0.484 e. The molecule has 0 aliphatic rings. The van der Waals surface area contributed by atoms with Gasteiger partial charge in [-0.2, -0.15) is 0 Å². The van der Waals surface area contributed by atoms with E-state index in [0.29, 0.717) is 23.1 Å². The van der Waals surface area contributed by atoms with Crippen LogP contribution in [0.4, 0.5) is 0 Å². The molecular weight excluding hydrogens is 278 g/mol. The second-order valence-electron chi connectivity index (χ2n) is 3.98. The first-order chi connectivity index (χ1) is 9.70. The van der Waals surface area contributed by atoms with Crippen LogP contribution in [0.5, 0.6) is 5.75 Å². The minimum atomic E-state index is -0.283. The van der Waals surface area contributed by atoms with Crippen LogP contribution in [-0.2, 0) is 6.61 Å². The number of rotatable bonds is 6. The van der Waals surface area contributed by atoms with Crippen molar-refractivity contribution in [2.24, 2.45) is 0 Å². The van der Waals surface area contributed by atoms with Gasteiger partial charge in [-0.15, -0.1) is 6.58 Å². The van der Waals surface area contributed by atoms with Gasteiger partial charge in [0.2, 0.25) is 0 Å². The van der Waals surface area contributed by atoms with Crippen LogP contribution in [-0.4, -0.2) is 12.5 Å². The van der Waals surface area contributed by atoms with Crippen LogP contribution in [0.1, 0.15) is 16.3 Å². The van der Waals surface area contributed by atoms with E-state index < -0.39 is 0 Å². The van der Waals surface area contributed by atoms with Crippen LogP contribution in [0, 0.1) is 0 Å². The number of furan rings is 1. The molecule has 0 spiro atoms. The Kier molecular flexibility index (Phi) is 4.85. The quantitative estimate of drug-likeness (QED) is 0.830. The van der Waals surface area contributed by atoms with E-state index in [4.69, 9.17) is 20.8 Å². The number of hydrogen-bond donors (Lipinski definition) is 1. The van der Waals surface area contributed by atoms with Crippen molar-refractivity contribution in [3.05, 3.63) is 65.6 Å². The summed E-state index contributed by atoms with van der Waals surface area (Å²) in [6.07, 6.45) is 1.60. The highest BCUT2D eigenvalue weighted by Gasteiger charge is 2.10. The number of carbonyl (C=O) groups excluding carboxylic acids is 1. The van der Waals surface area contributed by atoms with Gasteiger partial charge in [0.05, 0.1) is 5.02 Å². The van der Waals surface area contributed by atoms with E-state index in [-0.39, 0.29) is 18.3 Å². The predicted octanol–water partition coefficient (Wildman–Crippen LogP) is 3.43. The first kappa shape index (κ1) is 14.2. The zero-order chi connectivity index (χ0) is 14.4. The monoisotopic (exact) mass is 291 g/mol. The standard InChI is InChI=1S/C15H14ClNO3/c1-2-9-17-15(18)14-8-7-11(20-14)10-19-13-6-4-3-5-12(13)16/h2-8H,1,9-10H2,(H,17,18). The maximum atomic E-state index is 11.6. The van der Waals surface area contributed by atoms with Crippen LogP contribution >= 0.6 is 11.6 Å². The third-order valence-corrected chi connectivity index (χ3v) is 2.81. The lowest BCUT2D eigenvalue weighted by atomic mass is 10.3. The first-order valence-corrected chi connectivity index (χ1v) is 6.43. The molecule has 1 N–H and O–H groups in total.